The number of thiocarbonyl (C=S) groups is 2. The summed E-state index contributed by atoms with van der Waals surface area (Å²) in [6.45, 7) is 1.06. The van der Waals surface area contributed by atoms with Gasteiger partial charge in [0, 0.05) is 0 Å². The van der Waals surface area contributed by atoms with Crippen LogP contribution in [-0.2, 0) is 0 Å². The molecule has 0 saturated carbocycles. The van der Waals surface area contributed by atoms with Gasteiger partial charge >= 0.3 is 59.1 Å². The first-order valence-electron chi connectivity index (χ1n) is 2.44. The van der Waals surface area contributed by atoms with Gasteiger partial charge in [-0.05, 0) is 8.64 Å². The molecular formula is C4H6N2Na2S4. The molecule has 0 aromatic rings. The van der Waals surface area contributed by atoms with Crippen LogP contribution in [0.3, 0.4) is 0 Å². The van der Waals surface area contributed by atoms with Crippen molar-refractivity contribution in [2.45, 2.75) is 0 Å². The quantitative estimate of drug-likeness (QED) is 0.234. The third-order valence-electron chi connectivity index (χ3n) is 0.594. The second kappa shape index (κ2) is 13.5. The van der Waals surface area contributed by atoms with Crippen LogP contribution in [0.4, 0.5) is 0 Å². The largest absolute Gasteiger partial charge is 1.00 e. The Hall–Kier alpha value is 2.48. The normalized spacial score (nSPS) is 7.17. The van der Waals surface area contributed by atoms with Crippen molar-refractivity contribution in [1.29, 1.82) is 0 Å². The number of hydrogen-bond donors (Lipinski definition) is 2. The Morgan fingerprint density at radius 2 is 1.17 bits per heavy atom. The summed E-state index contributed by atoms with van der Waals surface area (Å²) in [5, 5.41) is 7.61. The number of thiol groups is 2. The molecule has 0 aliphatic carbocycles. The second-order valence-electron chi connectivity index (χ2n) is 1.33. The molecule has 0 amide bonds. The molecule has 2 nitrogen and oxygen atoms in total. The van der Waals surface area contributed by atoms with Crippen LogP contribution in [0, 0.1) is 0 Å². The van der Waals surface area contributed by atoms with E-state index in [0.717, 1.165) is 0 Å². The van der Waals surface area contributed by atoms with E-state index in [9.17, 15) is 0 Å². The van der Waals surface area contributed by atoms with E-state index in [4.69, 9.17) is 0 Å². The zero-order valence-corrected chi connectivity index (χ0v) is 14.4. The van der Waals surface area contributed by atoms with Crippen LogP contribution in [0.5, 0.6) is 0 Å². The minimum Gasteiger partial charge on any atom is -0.671 e. The fraction of sp³-hybridized carbons (Fsp3) is 0.500. The van der Waals surface area contributed by atoms with Crippen LogP contribution in [-0.4, -0.2) is 21.7 Å². The molecule has 0 heterocycles. The Morgan fingerprint density at radius 1 is 0.917 bits per heavy atom. The first-order chi connectivity index (χ1) is 4.63. The van der Waals surface area contributed by atoms with Crippen molar-refractivity contribution in [3.63, 3.8) is 0 Å². The monoisotopic (exact) mass is 256 g/mol. The summed E-state index contributed by atoms with van der Waals surface area (Å²) < 4.78 is 0.695. The number of hydrogen-bond acceptors (Lipinski definition) is 2. The molecule has 0 unspecified atom stereocenters. The summed E-state index contributed by atoms with van der Waals surface area (Å²) in [7, 11) is 0. The van der Waals surface area contributed by atoms with Crippen molar-refractivity contribution >= 4 is 58.3 Å². The molecule has 0 fully saturated rings. The van der Waals surface area contributed by atoms with Crippen LogP contribution < -0.4 is 59.1 Å². The molecule has 0 aliphatic rings. The van der Waals surface area contributed by atoms with E-state index in [2.05, 4.69) is 60.3 Å². The van der Waals surface area contributed by atoms with Crippen molar-refractivity contribution in [3.05, 3.63) is 10.6 Å². The Kier molecular flexibility index (Phi) is 22.4. The van der Waals surface area contributed by atoms with E-state index in [1.54, 1.807) is 0 Å². The first kappa shape index (κ1) is 20.0. The van der Waals surface area contributed by atoms with Crippen LogP contribution in [0.1, 0.15) is 0 Å². The average Bonchev–Trinajstić information content (AvgIpc) is 1.79. The Balaban J connectivity index is -0.000000405. The zero-order chi connectivity index (χ0) is 7.98. The third-order valence-corrected chi connectivity index (χ3v) is 1.14. The summed E-state index contributed by atoms with van der Waals surface area (Å²) in [5.74, 6) is 0. The third kappa shape index (κ3) is 18.3. The molecule has 0 saturated heterocycles. The summed E-state index contributed by atoms with van der Waals surface area (Å²) in [6.07, 6.45) is 0. The van der Waals surface area contributed by atoms with Gasteiger partial charge < -0.3 is 10.6 Å². The summed E-state index contributed by atoms with van der Waals surface area (Å²) in [4.78, 5) is 0. The van der Waals surface area contributed by atoms with Gasteiger partial charge in [0.2, 0.25) is 0 Å². The van der Waals surface area contributed by atoms with E-state index in [-0.39, 0.29) is 59.1 Å². The maximum absolute atomic E-state index is 4.58. The molecule has 8 heteroatoms. The van der Waals surface area contributed by atoms with Crippen LogP contribution >= 0.6 is 49.7 Å². The Labute approximate surface area is 139 Å². The topological polar surface area (TPSA) is 28.2 Å². The van der Waals surface area contributed by atoms with Crippen LogP contribution in [0.25, 0.3) is 10.6 Å². The van der Waals surface area contributed by atoms with Crippen molar-refractivity contribution in [2.75, 3.05) is 13.1 Å². The predicted molar refractivity (Wildman–Crippen MR) is 59.6 cm³/mol. The van der Waals surface area contributed by atoms with Gasteiger partial charge in [-0.3, -0.25) is 0 Å². The molecule has 0 spiro atoms. The minimum atomic E-state index is 0. The first-order valence-corrected chi connectivity index (χ1v) is 4.15. The molecular weight excluding hydrogens is 250 g/mol. The van der Waals surface area contributed by atoms with Crippen molar-refractivity contribution in [1.82, 2.24) is 0 Å². The van der Waals surface area contributed by atoms with Gasteiger partial charge in [-0.2, -0.15) is 25.3 Å². The summed E-state index contributed by atoms with van der Waals surface area (Å²) >= 11 is 16.7. The van der Waals surface area contributed by atoms with Gasteiger partial charge in [0.15, 0.2) is 0 Å². The Morgan fingerprint density at radius 3 is 1.33 bits per heavy atom. The molecule has 0 aliphatic heterocycles. The number of rotatable bonds is 3. The van der Waals surface area contributed by atoms with Gasteiger partial charge in [-0.15, -0.1) is 13.1 Å². The molecule has 0 aromatic heterocycles. The number of nitrogens with zero attached hydrogens (tertiary/aromatic N) is 2. The Bertz CT molecular complexity index is 127. The molecule has 0 rings (SSSR count). The van der Waals surface area contributed by atoms with E-state index in [1.165, 1.54) is 0 Å². The second-order valence-corrected chi connectivity index (χ2v) is 3.55. The van der Waals surface area contributed by atoms with Crippen molar-refractivity contribution < 1.29 is 59.1 Å². The predicted octanol–water partition coefficient (Wildman–Crippen LogP) is -3.83. The van der Waals surface area contributed by atoms with Crippen LogP contribution in [0.2, 0.25) is 0 Å². The zero-order valence-electron chi connectivity index (χ0n) is 7.02. The van der Waals surface area contributed by atoms with Gasteiger partial charge in [-0.1, -0.05) is 24.4 Å². The maximum Gasteiger partial charge on any atom is 1.00 e. The molecule has 0 bridgehead atoms. The summed E-state index contributed by atoms with van der Waals surface area (Å²) in [6, 6.07) is 0. The fourth-order valence-corrected chi connectivity index (χ4v) is 0.674. The fourth-order valence-electron chi connectivity index (χ4n) is 0.291. The van der Waals surface area contributed by atoms with E-state index in [1.807, 2.05) is 0 Å². The SMILES string of the molecule is S=C(S)[N-]CC[N-]C(=S)S.[Na+].[Na+]. The van der Waals surface area contributed by atoms with Gasteiger partial charge in [0.1, 0.15) is 0 Å². The van der Waals surface area contributed by atoms with E-state index < -0.39 is 0 Å². The molecule has 0 aromatic carbocycles. The standard InChI is InChI=1S/C4H8N2S4.2Na/c7-3(8)5-1-2-6-4(9)10;;/h1-2H2,(H4,5,6,7,8,9,10);;/q;2*+1/p-2. The van der Waals surface area contributed by atoms with Crippen molar-refractivity contribution in [2.24, 2.45) is 0 Å². The van der Waals surface area contributed by atoms with Crippen molar-refractivity contribution in [3.8, 4) is 0 Å². The maximum atomic E-state index is 4.58. The van der Waals surface area contributed by atoms with Gasteiger partial charge in [-0.25, -0.2) is 0 Å². The average molecular weight is 256 g/mol. The molecule has 0 radical (unpaired) electrons. The summed E-state index contributed by atoms with van der Waals surface area (Å²) in [5.41, 5.74) is 0. The van der Waals surface area contributed by atoms with E-state index in [0.29, 0.717) is 21.7 Å². The molecule has 58 valence electrons. The van der Waals surface area contributed by atoms with Gasteiger partial charge in [0.05, 0.1) is 0 Å². The van der Waals surface area contributed by atoms with Crippen LogP contribution in [0.15, 0.2) is 0 Å². The smallest absolute Gasteiger partial charge is 0.671 e. The minimum absolute atomic E-state index is 0. The molecule has 12 heavy (non-hydrogen) atoms. The molecule has 0 atom stereocenters. The van der Waals surface area contributed by atoms with E-state index >= 15 is 0 Å². The van der Waals surface area contributed by atoms with Gasteiger partial charge in [0.25, 0.3) is 0 Å². The molecule has 0 N–H and O–H groups in total.